The van der Waals surface area contributed by atoms with Gasteiger partial charge < -0.3 is 9.88 Å². The number of halogens is 1. The lowest BCUT2D eigenvalue weighted by Crippen LogP contribution is -3.13. The molecule has 31 heavy (non-hydrogen) atoms. The highest BCUT2D eigenvalue weighted by Gasteiger charge is 2.30. The minimum Gasteiger partial charge on any atom is -0.326 e. The minimum absolute atomic E-state index is 0.192. The third kappa shape index (κ3) is 4.67. The molecule has 3 aromatic rings. The number of aromatic amines is 1. The molecule has 0 saturated carbocycles. The van der Waals surface area contributed by atoms with E-state index >= 15 is 0 Å². The molecule has 1 saturated heterocycles. The summed E-state index contributed by atoms with van der Waals surface area (Å²) in [4.78, 5) is 21.2. The highest BCUT2D eigenvalue weighted by atomic mass is 35.5. The number of quaternary nitrogens is 1. The zero-order valence-corrected chi connectivity index (χ0v) is 19.1. The van der Waals surface area contributed by atoms with Gasteiger partial charge in [0, 0.05) is 5.02 Å². The highest BCUT2D eigenvalue weighted by Crippen LogP contribution is 2.20. The number of nitrogens with one attached hydrogen (secondary N) is 2. The summed E-state index contributed by atoms with van der Waals surface area (Å²) in [5.74, 6) is 0.936. The summed E-state index contributed by atoms with van der Waals surface area (Å²) in [5, 5.41) is 1.03. The van der Waals surface area contributed by atoms with Crippen LogP contribution in [0.5, 0.6) is 0 Å². The fourth-order valence-corrected chi connectivity index (χ4v) is 5.48. The molecule has 1 fully saturated rings. The van der Waals surface area contributed by atoms with Crippen LogP contribution in [0.4, 0.5) is 0 Å². The van der Waals surface area contributed by atoms with Gasteiger partial charge in [0.05, 0.1) is 42.0 Å². The molecule has 0 unspecified atom stereocenters. The molecule has 0 bridgehead atoms. The van der Waals surface area contributed by atoms with Gasteiger partial charge in [-0.2, -0.15) is 4.31 Å². The third-order valence-corrected chi connectivity index (χ3v) is 7.90. The van der Waals surface area contributed by atoms with E-state index in [0.717, 1.165) is 5.56 Å². The second kappa shape index (κ2) is 8.70. The van der Waals surface area contributed by atoms with Crippen molar-refractivity contribution in [1.29, 1.82) is 0 Å². The molecule has 1 aromatic heterocycles. The average molecular weight is 462 g/mol. The SMILES string of the molecule is CC(C)c1ccc(S(=O)(=O)N2CC[NH+](Cc3nc4cc(Cl)ccc4c(=O)[nH]3)CC2)cc1. The maximum atomic E-state index is 13.0. The Morgan fingerprint density at radius 2 is 1.81 bits per heavy atom. The van der Waals surface area contributed by atoms with Crippen molar-refractivity contribution in [3.8, 4) is 0 Å². The zero-order chi connectivity index (χ0) is 22.2. The molecule has 2 heterocycles. The number of sulfonamides is 1. The fraction of sp³-hybridized carbons (Fsp3) is 0.364. The quantitative estimate of drug-likeness (QED) is 0.606. The number of hydrogen-bond acceptors (Lipinski definition) is 4. The van der Waals surface area contributed by atoms with Gasteiger partial charge >= 0.3 is 0 Å². The van der Waals surface area contributed by atoms with E-state index in [1.807, 2.05) is 12.1 Å². The van der Waals surface area contributed by atoms with Gasteiger partial charge in [-0.25, -0.2) is 13.4 Å². The predicted molar refractivity (Wildman–Crippen MR) is 121 cm³/mol. The number of H-pyrrole nitrogens is 1. The summed E-state index contributed by atoms with van der Waals surface area (Å²) < 4.78 is 27.5. The topological polar surface area (TPSA) is 87.6 Å². The Labute approximate surface area is 186 Å². The van der Waals surface area contributed by atoms with E-state index in [4.69, 9.17) is 11.6 Å². The van der Waals surface area contributed by atoms with E-state index in [9.17, 15) is 13.2 Å². The number of benzene rings is 2. The van der Waals surface area contributed by atoms with Crippen molar-refractivity contribution in [1.82, 2.24) is 14.3 Å². The fourth-order valence-electron chi connectivity index (χ4n) is 3.87. The van der Waals surface area contributed by atoms with Crippen molar-refractivity contribution in [2.24, 2.45) is 0 Å². The lowest BCUT2D eigenvalue weighted by atomic mass is 10.0. The summed E-state index contributed by atoms with van der Waals surface area (Å²) in [5.41, 5.74) is 1.49. The van der Waals surface area contributed by atoms with Crippen molar-refractivity contribution >= 4 is 32.5 Å². The summed E-state index contributed by atoms with van der Waals surface area (Å²) in [7, 11) is -3.51. The predicted octanol–water partition coefficient (Wildman–Crippen LogP) is 1.79. The Kier molecular flexibility index (Phi) is 6.16. The molecule has 164 valence electrons. The first-order chi connectivity index (χ1) is 14.7. The van der Waals surface area contributed by atoms with Gasteiger partial charge in [-0.05, 0) is 41.8 Å². The summed E-state index contributed by atoms with van der Waals surface area (Å²) in [6.07, 6.45) is 0. The first-order valence-corrected chi connectivity index (χ1v) is 12.2. The maximum absolute atomic E-state index is 13.0. The molecule has 0 aliphatic carbocycles. The molecule has 2 N–H and O–H groups in total. The first-order valence-electron chi connectivity index (χ1n) is 10.4. The van der Waals surface area contributed by atoms with Crippen molar-refractivity contribution in [2.75, 3.05) is 26.2 Å². The van der Waals surface area contributed by atoms with Crippen molar-refractivity contribution in [2.45, 2.75) is 31.2 Å². The molecule has 0 amide bonds. The molecule has 0 atom stereocenters. The van der Waals surface area contributed by atoms with E-state index in [-0.39, 0.29) is 5.56 Å². The summed E-state index contributed by atoms with van der Waals surface area (Å²) >= 11 is 6.03. The van der Waals surface area contributed by atoms with Crippen LogP contribution in [0.2, 0.25) is 5.02 Å². The van der Waals surface area contributed by atoms with Crippen LogP contribution >= 0.6 is 11.6 Å². The van der Waals surface area contributed by atoms with E-state index in [0.29, 0.717) is 65.3 Å². The van der Waals surface area contributed by atoms with Gasteiger partial charge in [0.15, 0.2) is 5.82 Å². The first kappa shape index (κ1) is 22.0. The van der Waals surface area contributed by atoms with E-state index in [1.165, 1.54) is 9.21 Å². The Morgan fingerprint density at radius 1 is 1.13 bits per heavy atom. The molecular formula is C22H26ClN4O3S+. The molecule has 4 rings (SSSR count). The third-order valence-electron chi connectivity index (χ3n) is 5.75. The number of piperazine rings is 1. The summed E-state index contributed by atoms with van der Waals surface area (Å²) in [6.45, 7) is 6.81. The molecule has 7 nitrogen and oxygen atoms in total. The number of fused-ring (bicyclic) bond motifs is 1. The van der Waals surface area contributed by atoms with Gasteiger partial charge in [0.1, 0.15) is 6.54 Å². The van der Waals surface area contributed by atoms with E-state index < -0.39 is 10.0 Å². The Morgan fingerprint density at radius 3 is 2.45 bits per heavy atom. The van der Waals surface area contributed by atoms with Crippen LogP contribution in [0, 0.1) is 0 Å². The minimum atomic E-state index is -3.51. The highest BCUT2D eigenvalue weighted by molar-refractivity contribution is 7.89. The van der Waals surface area contributed by atoms with Crippen LogP contribution in [-0.2, 0) is 16.6 Å². The van der Waals surface area contributed by atoms with Crippen LogP contribution < -0.4 is 10.5 Å². The van der Waals surface area contributed by atoms with Gasteiger partial charge in [-0.1, -0.05) is 37.6 Å². The molecular weight excluding hydrogens is 436 g/mol. The van der Waals surface area contributed by atoms with Crippen LogP contribution in [0.1, 0.15) is 31.2 Å². The van der Waals surface area contributed by atoms with Crippen LogP contribution in [0.15, 0.2) is 52.2 Å². The van der Waals surface area contributed by atoms with Gasteiger partial charge in [-0.3, -0.25) is 4.79 Å². The van der Waals surface area contributed by atoms with Gasteiger partial charge in [-0.15, -0.1) is 0 Å². The average Bonchev–Trinajstić information content (AvgIpc) is 2.74. The zero-order valence-electron chi connectivity index (χ0n) is 17.6. The molecule has 0 radical (unpaired) electrons. The number of nitrogens with zero attached hydrogens (tertiary/aromatic N) is 2. The largest absolute Gasteiger partial charge is 0.326 e. The molecule has 9 heteroatoms. The Balaban J connectivity index is 1.44. The Hall–Kier alpha value is -2.26. The van der Waals surface area contributed by atoms with Gasteiger partial charge in [0.25, 0.3) is 5.56 Å². The maximum Gasteiger partial charge on any atom is 0.258 e. The second-order valence-corrected chi connectivity index (χ2v) is 10.6. The molecule has 2 aromatic carbocycles. The van der Waals surface area contributed by atoms with Crippen LogP contribution in [0.3, 0.4) is 0 Å². The van der Waals surface area contributed by atoms with Crippen molar-refractivity contribution < 1.29 is 13.3 Å². The van der Waals surface area contributed by atoms with Crippen molar-refractivity contribution in [3.63, 3.8) is 0 Å². The van der Waals surface area contributed by atoms with Crippen LogP contribution in [0.25, 0.3) is 10.9 Å². The smallest absolute Gasteiger partial charge is 0.258 e. The standard InChI is InChI=1S/C22H25ClN4O3S/c1-15(2)16-3-6-18(7-4-16)31(29,30)27-11-9-26(10-12-27)14-21-24-20-13-17(23)5-8-19(20)22(28)25-21/h3-8,13,15H,9-12,14H2,1-2H3,(H,24,25,28)/p+1. The monoisotopic (exact) mass is 461 g/mol. The lowest BCUT2D eigenvalue weighted by Gasteiger charge is -2.31. The van der Waals surface area contributed by atoms with Gasteiger partial charge in [0.2, 0.25) is 10.0 Å². The van der Waals surface area contributed by atoms with Crippen LogP contribution in [-0.4, -0.2) is 48.9 Å². The number of hydrogen-bond donors (Lipinski definition) is 2. The molecule has 1 aliphatic rings. The number of rotatable bonds is 5. The Bertz CT molecular complexity index is 1250. The molecule has 1 aliphatic heterocycles. The normalized spacial score (nSPS) is 16.3. The van der Waals surface area contributed by atoms with Crippen molar-refractivity contribution in [3.05, 3.63) is 69.2 Å². The second-order valence-electron chi connectivity index (χ2n) is 8.23. The number of aromatic nitrogens is 2. The lowest BCUT2D eigenvalue weighted by molar-refractivity contribution is -0.917. The van der Waals surface area contributed by atoms with E-state index in [1.54, 1.807) is 30.3 Å². The summed E-state index contributed by atoms with van der Waals surface area (Å²) in [6, 6.07) is 12.2. The molecule has 0 spiro atoms. The van der Waals surface area contributed by atoms with E-state index in [2.05, 4.69) is 23.8 Å².